The molecule has 5 nitrogen and oxygen atoms in total. The summed E-state index contributed by atoms with van der Waals surface area (Å²) in [5.41, 5.74) is 2.17. The molecular formula is C19H10Cl3N3O2. The van der Waals surface area contributed by atoms with E-state index < -0.39 is 0 Å². The topological polar surface area (TPSA) is 65.5 Å². The monoisotopic (exact) mass is 417 g/mol. The number of H-pyrrole nitrogens is 1. The first-order valence-corrected chi connectivity index (χ1v) is 8.94. The molecule has 0 atom stereocenters. The predicted molar refractivity (Wildman–Crippen MR) is 108 cm³/mol. The summed E-state index contributed by atoms with van der Waals surface area (Å²) in [6, 6.07) is 12.9. The molecule has 0 saturated carbocycles. The third-order valence-corrected chi connectivity index (χ3v) is 5.00. The molecule has 1 N–H and O–H groups in total. The molecule has 0 fully saturated rings. The number of aliphatic imine (C=N–C) groups is 1. The number of fused-ring (bicyclic) bond motifs is 1. The van der Waals surface area contributed by atoms with E-state index in [1.165, 1.54) is 17.2 Å². The van der Waals surface area contributed by atoms with Crippen LogP contribution in [-0.4, -0.2) is 16.6 Å². The van der Waals surface area contributed by atoms with Gasteiger partial charge in [-0.25, -0.2) is 4.99 Å². The Balaban J connectivity index is 1.88. The molecule has 1 aliphatic heterocycles. The van der Waals surface area contributed by atoms with E-state index >= 15 is 0 Å². The van der Waals surface area contributed by atoms with Gasteiger partial charge < -0.3 is 4.98 Å². The molecule has 1 aliphatic rings. The fourth-order valence-electron chi connectivity index (χ4n) is 2.81. The molecule has 1 amide bonds. The highest BCUT2D eigenvalue weighted by Gasteiger charge is 2.35. The van der Waals surface area contributed by atoms with Gasteiger partial charge in [-0.05, 0) is 42.5 Å². The highest BCUT2D eigenvalue weighted by atomic mass is 35.5. The van der Waals surface area contributed by atoms with Crippen LogP contribution in [0.1, 0.15) is 5.56 Å². The zero-order chi connectivity index (χ0) is 19.1. The maximum atomic E-state index is 13.1. The van der Waals surface area contributed by atoms with E-state index in [1.54, 1.807) is 42.5 Å². The number of hydrogen-bond acceptors (Lipinski definition) is 3. The number of anilines is 2. The number of benzene rings is 2. The maximum absolute atomic E-state index is 13.1. The number of carbonyl (C=O) groups is 1. The van der Waals surface area contributed by atoms with Crippen LogP contribution in [0.4, 0.5) is 17.1 Å². The third-order valence-electron chi connectivity index (χ3n) is 4.03. The van der Waals surface area contributed by atoms with Crippen molar-refractivity contribution >= 4 is 63.5 Å². The smallest absolute Gasteiger partial charge is 0.282 e. The number of amides is 1. The van der Waals surface area contributed by atoms with Crippen LogP contribution in [0, 0.1) is 0 Å². The van der Waals surface area contributed by atoms with Gasteiger partial charge in [0.2, 0.25) is 5.56 Å². The lowest BCUT2D eigenvalue weighted by Crippen LogP contribution is -2.26. The fraction of sp³-hybridized carbons (Fsp3) is 0. The van der Waals surface area contributed by atoms with E-state index in [1.807, 2.05) is 0 Å². The normalized spacial score (nSPS) is 14.7. The SMILES string of the molecule is O=C1C(=Nc2ccc(Cl)c(Cl)c2)c2cc(Cl)ccc2N1c1ccc(=O)[nH]c1. The van der Waals surface area contributed by atoms with Crippen molar-refractivity contribution in [2.75, 3.05) is 4.90 Å². The number of hydrogen-bond donors (Lipinski definition) is 1. The maximum Gasteiger partial charge on any atom is 0.282 e. The number of halogens is 3. The molecule has 0 unspecified atom stereocenters. The van der Waals surface area contributed by atoms with Gasteiger partial charge in [0, 0.05) is 22.8 Å². The van der Waals surface area contributed by atoms with Gasteiger partial charge in [0.1, 0.15) is 5.71 Å². The Morgan fingerprint density at radius 2 is 1.70 bits per heavy atom. The van der Waals surface area contributed by atoms with Crippen molar-refractivity contribution in [3.05, 3.63) is 85.7 Å². The van der Waals surface area contributed by atoms with Crippen molar-refractivity contribution in [2.45, 2.75) is 0 Å². The van der Waals surface area contributed by atoms with Crippen LogP contribution in [0.15, 0.2) is 64.5 Å². The fourth-order valence-corrected chi connectivity index (χ4v) is 3.28. The van der Waals surface area contributed by atoms with Crippen molar-refractivity contribution in [2.24, 2.45) is 4.99 Å². The van der Waals surface area contributed by atoms with Gasteiger partial charge >= 0.3 is 0 Å². The molecule has 1 aromatic heterocycles. The Kier molecular flexibility index (Phi) is 4.52. The van der Waals surface area contributed by atoms with Gasteiger partial charge in [-0.3, -0.25) is 14.5 Å². The second kappa shape index (κ2) is 6.85. The highest BCUT2D eigenvalue weighted by molar-refractivity contribution is 6.56. The number of nitrogens with one attached hydrogen (secondary N) is 1. The molecule has 4 rings (SSSR count). The summed E-state index contributed by atoms with van der Waals surface area (Å²) < 4.78 is 0. The first kappa shape index (κ1) is 17.8. The number of pyridine rings is 1. The van der Waals surface area contributed by atoms with E-state index in [0.29, 0.717) is 37.7 Å². The number of rotatable bonds is 2. The first-order valence-electron chi connectivity index (χ1n) is 7.81. The van der Waals surface area contributed by atoms with Crippen molar-refractivity contribution in [3.63, 3.8) is 0 Å². The minimum atomic E-state index is -0.342. The Morgan fingerprint density at radius 3 is 2.41 bits per heavy atom. The highest BCUT2D eigenvalue weighted by Crippen LogP contribution is 2.38. The van der Waals surface area contributed by atoms with Crippen LogP contribution < -0.4 is 10.5 Å². The van der Waals surface area contributed by atoms with Gasteiger partial charge in [-0.1, -0.05) is 34.8 Å². The Morgan fingerprint density at radius 1 is 0.889 bits per heavy atom. The van der Waals surface area contributed by atoms with Gasteiger partial charge in [0.25, 0.3) is 5.91 Å². The van der Waals surface area contributed by atoms with Crippen LogP contribution in [-0.2, 0) is 4.79 Å². The van der Waals surface area contributed by atoms with Gasteiger partial charge in [-0.15, -0.1) is 0 Å². The summed E-state index contributed by atoms with van der Waals surface area (Å²) in [4.78, 5) is 33.0. The average Bonchev–Trinajstić information content (AvgIpc) is 2.90. The lowest BCUT2D eigenvalue weighted by Gasteiger charge is -2.16. The number of aromatic nitrogens is 1. The lowest BCUT2D eigenvalue weighted by molar-refractivity contribution is -0.111. The molecule has 0 saturated heterocycles. The number of carbonyl (C=O) groups excluding carboxylic acids is 1. The molecule has 0 spiro atoms. The van der Waals surface area contributed by atoms with Gasteiger partial charge in [0.15, 0.2) is 0 Å². The summed E-state index contributed by atoms with van der Waals surface area (Å²) in [5.74, 6) is -0.342. The Bertz CT molecular complexity index is 1150. The lowest BCUT2D eigenvalue weighted by atomic mass is 10.1. The Hall–Kier alpha value is -2.60. The quantitative estimate of drug-likeness (QED) is 0.626. The summed E-state index contributed by atoms with van der Waals surface area (Å²) in [6.45, 7) is 0. The van der Waals surface area contributed by atoms with Crippen molar-refractivity contribution in [1.82, 2.24) is 4.98 Å². The zero-order valence-electron chi connectivity index (χ0n) is 13.5. The second-order valence-corrected chi connectivity index (χ2v) is 7.02. The molecule has 3 aromatic rings. The molecule has 0 bridgehead atoms. The van der Waals surface area contributed by atoms with Crippen molar-refractivity contribution < 1.29 is 4.79 Å². The number of nitrogens with zero attached hydrogens (tertiary/aromatic N) is 2. The molecule has 27 heavy (non-hydrogen) atoms. The van der Waals surface area contributed by atoms with Crippen molar-refractivity contribution in [3.8, 4) is 0 Å². The minimum absolute atomic E-state index is 0.220. The van der Waals surface area contributed by atoms with Crippen molar-refractivity contribution in [1.29, 1.82) is 0 Å². The van der Waals surface area contributed by atoms with Gasteiger partial charge in [-0.2, -0.15) is 0 Å². The summed E-state index contributed by atoms with van der Waals surface area (Å²) in [7, 11) is 0. The largest absolute Gasteiger partial charge is 0.327 e. The second-order valence-electron chi connectivity index (χ2n) is 5.77. The molecule has 2 heterocycles. The molecule has 0 radical (unpaired) electrons. The third kappa shape index (κ3) is 3.25. The molecule has 134 valence electrons. The molecular weight excluding hydrogens is 409 g/mol. The summed E-state index contributed by atoms with van der Waals surface area (Å²) in [6.07, 6.45) is 1.47. The van der Waals surface area contributed by atoms with E-state index in [-0.39, 0.29) is 17.2 Å². The van der Waals surface area contributed by atoms with Gasteiger partial charge in [0.05, 0.1) is 27.1 Å². The van der Waals surface area contributed by atoms with Crippen LogP contribution in [0.5, 0.6) is 0 Å². The van der Waals surface area contributed by atoms with Crippen LogP contribution in [0.3, 0.4) is 0 Å². The predicted octanol–water partition coefficient (Wildman–Crippen LogP) is 5.13. The molecule has 2 aromatic carbocycles. The van der Waals surface area contributed by atoms with Crippen LogP contribution in [0.2, 0.25) is 15.1 Å². The molecule has 0 aliphatic carbocycles. The standard InChI is InChI=1S/C19H10Cl3N3O2/c20-10-1-5-16-13(7-10)18(24-11-2-4-14(21)15(22)8-11)19(27)25(16)12-3-6-17(26)23-9-12/h1-9H,(H,23,26). The van der Waals surface area contributed by atoms with E-state index in [4.69, 9.17) is 34.8 Å². The Labute approximate surface area is 168 Å². The number of aromatic amines is 1. The average molecular weight is 419 g/mol. The molecule has 8 heteroatoms. The first-order chi connectivity index (χ1) is 12.9. The zero-order valence-corrected chi connectivity index (χ0v) is 15.8. The van der Waals surface area contributed by atoms with E-state index in [0.717, 1.165) is 0 Å². The van der Waals surface area contributed by atoms with E-state index in [9.17, 15) is 9.59 Å². The summed E-state index contributed by atoms with van der Waals surface area (Å²) >= 11 is 18.1. The van der Waals surface area contributed by atoms with Crippen LogP contribution >= 0.6 is 34.8 Å². The van der Waals surface area contributed by atoms with E-state index in [2.05, 4.69) is 9.98 Å². The van der Waals surface area contributed by atoms with Crippen LogP contribution in [0.25, 0.3) is 0 Å². The minimum Gasteiger partial charge on any atom is -0.327 e. The summed E-state index contributed by atoms with van der Waals surface area (Å²) in [5, 5.41) is 1.22.